The van der Waals surface area contributed by atoms with Gasteiger partial charge in [-0.1, -0.05) is 26.0 Å². The number of thioether (sulfide) groups is 1. The van der Waals surface area contributed by atoms with Gasteiger partial charge in [-0.25, -0.2) is 23.4 Å². The molecular weight excluding hydrogens is 396 g/mol. The Kier molecular flexibility index (Phi) is 5.02. The summed E-state index contributed by atoms with van der Waals surface area (Å²) < 4.78 is 29.8. The van der Waals surface area contributed by atoms with E-state index in [1.807, 2.05) is 16.7 Å². The van der Waals surface area contributed by atoms with Crippen molar-refractivity contribution in [2.24, 2.45) is 0 Å². The van der Waals surface area contributed by atoms with Gasteiger partial charge in [0.2, 0.25) is 10.0 Å². The molecule has 8 nitrogen and oxygen atoms in total. The fraction of sp³-hybridized carbons (Fsp3) is 0.389. The first kappa shape index (κ1) is 19.2. The van der Waals surface area contributed by atoms with Gasteiger partial charge in [0, 0.05) is 12.3 Å². The molecule has 0 radical (unpaired) electrons. The number of hydrogen-bond acceptors (Lipinski definition) is 7. The third-order valence-electron chi connectivity index (χ3n) is 4.93. The second-order valence-electron chi connectivity index (χ2n) is 7.10. The molecule has 2 aromatic heterocycles. The molecule has 3 aromatic rings. The van der Waals surface area contributed by atoms with Gasteiger partial charge in [-0.2, -0.15) is 4.31 Å². The molecule has 0 spiro atoms. The molecule has 1 aliphatic rings. The molecule has 1 aromatic carbocycles. The number of nitrogens with two attached hydrogens (primary N) is 1. The second-order valence-corrected chi connectivity index (χ2v) is 9.99. The van der Waals surface area contributed by atoms with Crippen molar-refractivity contribution in [3.63, 3.8) is 0 Å². The molecule has 10 heteroatoms. The van der Waals surface area contributed by atoms with Gasteiger partial charge in [-0.3, -0.25) is 0 Å². The molecule has 2 N–H and O–H groups in total. The largest absolute Gasteiger partial charge is 0.382 e. The maximum Gasteiger partial charge on any atom is 0.244 e. The van der Waals surface area contributed by atoms with Gasteiger partial charge in [0.15, 0.2) is 11.5 Å². The summed E-state index contributed by atoms with van der Waals surface area (Å²) in [5.74, 6) is 1.82. The molecule has 1 atom stereocenters. The lowest BCUT2D eigenvalue weighted by Gasteiger charge is -2.24. The van der Waals surface area contributed by atoms with Crippen LogP contribution < -0.4 is 5.73 Å². The second kappa shape index (κ2) is 7.34. The molecule has 0 saturated carbocycles. The van der Waals surface area contributed by atoms with Crippen molar-refractivity contribution in [3.05, 3.63) is 42.5 Å². The third-order valence-corrected chi connectivity index (χ3v) is 8.08. The zero-order chi connectivity index (χ0) is 19.9. The lowest BCUT2D eigenvalue weighted by molar-refractivity contribution is 0.365. The van der Waals surface area contributed by atoms with Crippen LogP contribution in [-0.4, -0.2) is 49.9 Å². The number of fused-ring (bicyclic) bond motifs is 1. The first-order valence-electron chi connectivity index (χ1n) is 8.99. The molecule has 148 valence electrons. The van der Waals surface area contributed by atoms with Crippen LogP contribution in [0.15, 0.2) is 41.8 Å². The van der Waals surface area contributed by atoms with Gasteiger partial charge in [-0.15, -0.1) is 11.8 Å². The summed E-state index contributed by atoms with van der Waals surface area (Å²) in [6, 6.07) is 6.99. The maximum absolute atomic E-state index is 13.2. The molecule has 0 aliphatic carbocycles. The quantitative estimate of drug-likeness (QED) is 0.677. The highest BCUT2D eigenvalue weighted by molar-refractivity contribution is 8.00. The third kappa shape index (κ3) is 3.36. The minimum atomic E-state index is -3.57. The number of hydrogen-bond donors (Lipinski definition) is 1. The van der Waals surface area contributed by atoms with E-state index in [0.717, 1.165) is 5.56 Å². The predicted octanol–water partition coefficient (Wildman–Crippen LogP) is 2.30. The average molecular weight is 419 g/mol. The highest BCUT2D eigenvalue weighted by atomic mass is 32.2. The molecule has 1 fully saturated rings. The summed E-state index contributed by atoms with van der Waals surface area (Å²) in [5, 5.41) is 0. The van der Waals surface area contributed by atoms with Gasteiger partial charge in [0.05, 0.1) is 23.1 Å². The van der Waals surface area contributed by atoms with Crippen LogP contribution in [0.3, 0.4) is 0 Å². The van der Waals surface area contributed by atoms with Crippen LogP contribution in [0.2, 0.25) is 0 Å². The van der Waals surface area contributed by atoms with Crippen molar-refractivity contribution in [1.29, 1.82) is 0 Å². The summed E-state index contributed by atoms with van der Waals surface area (Å²) in [6.07, 6.45) is 3.03. The SMILES string of the molecule is CC(C)c1ccc(S(=O)(=O)N2CSC[C@@H]2Cn2cnc3c(N)ncnc32)cc1. The molecule has 4 rings (SSSR count). The Hall–Kier alpha value is -2.17. The molecule has 0 amide bonds. The van der Waals surface area contributed by atoms with E-state index in [1.54, 1.807) is 34.5 Å². The molecule has 3 heterocycles. The van der Waals surface area contributed by atoms with Gasteiger partial charge in [0.25, 0.3) is 0 Å². The number of nitrogen functional groups attached to an aromatic ring is 1. The van der Waals surface area contributed by atoms with E-state index in [2.05, 4.69) is 28.8 Å². The lowest BCUT2D eigenvalue weighted by Crippen LogP contribution is -2.39. The maximum atomic E-state index is 13.2. The van der Waals surface area contributed by atoms with E-state index < -0.39 is 10.0 Å². The number of imidazole rings is 1. The minimum Gasteiger partial charge on any atom is -0.382 e. The smallest absolute Gasteiger partial charge is 0.244 e. The van der Waals surface area contributed by atoms with Crippen molar-refractivity contribution < 1.29 is 8.42 Å². The van der Waals surface area contributed by atoms with Crippen LogP contribution in [0.1, 0.15) is 25.3 Å². The number of rotatable bonds is 5. The normalized spacial score (nSPS) is 18.3. The minimum absolute atomic E-state index is 0.187. The van der Waals surface area contributed by atoms with E-state index in [0.29, 0.717) is 46.0 Å². The van der Waals surface area contributed by atoms with Crippen molar-refractivity contribution in [2.45, 2.75) is 37.2 Å². The van der Waals surface area contributed by atoms with Crippen LogP contribution in [0.5, 0.6) is 0 Å². The monoisotopic (exact) mass is 418 g/mol. The molecular formula is C18H22N6O2S2. The zero-order valence-electron chi connectivity index (χ0n) is 15.7. The zero-order valence-corrected chi connectivity index (χ0v) is 17.3. The Bertz CT molecular complexity index is 1090. The molecule has 1 saturated heterocycles. The predicted molar refractivity (Wildman–Crippen MR) is 110 cm³/mol. The number of aromatic nitrogens is 4. The molecule has 0 unspecified atom stereocenters. The number of nitrogens with zero attached hydrogens (tertiary/aromatic N) is 5. The Morgan fingerprint density at radius 1 is 1.21 bits per heavy atom. The highest BCUT2D eigenvalue weighted by Crippen LogP contribution is 2.30. The van der Waals surface area contributed by atoms with Gasteiger partial charge >= 0.3 is 0 Å². The van der Waals surface area contributed by atoms with Crippen molar-refractivity contribution in [3.8, 4) is 0 Å². The van der Waals surface area contributed by atoms with E-state index in [9.17, 15) is 8.42 Å². The van der Waals surface area contributed by atoms with Crippen molar-refractivity contribution >= 4 is 38.8 Å². The van der Waals surface area contributed by atoms with Crippen LogP contribution in [-0.2, 0) is 16.6 Å². The summed E-state index contributed by atoms with van der Waals surface area (Å²) in [4.78, 5) is 12.8. The van der Waals surface area contributed by atoms with E-state index in [1.165, 1.54) is 6.33 Å². The fourth-order valence-electron chi connectivity index (χ4n) is 3.30. The lowest BCUT2D eigenvalue weighted by atomic mass is 10.0. The fourth-order valence-corrected chi connectivity index (χ4v) is 6.51. The first-order valence-corrected chi connectivity index (χ1v) is 11.6. The molecule has 28 heavy (non-hydrogen) atoms. The number of anilines is 1. The summed E-state index contributed by atoms with van der Waals surface area (Å²) in [6.45, 7) is 4.63. The first-order chi connectivity index (χ1) is 13.4. The van der Waals surface area contributed by atoms with Crippen molar-refractivity contribution in [1.82, 2.24) is 23.8 Å². The number of benzene rings is 1. The summed E-state index contributed by atoms with van der Waals surface area (Å²) in [5.41, 5.74) is 8.11. The average Bonchev–Trinajstić information content (AvgIpc) is 3.31. The van der Waals surface area contributed by atoms with Crippen LogP contribution >= 0.6 is 11.8 Å². The highest BCUT2D eigenvalue weighted by Gasteiger charge is 2.36. The van der Waals surface area contributed by atoms with Gasteiger partial charge in [-0.05, 0) is 23.6 Å². The topological polar surface area (TPSA) is 107 Å². The van der Waals surface area contributed by atoms with Gasteiger partial charge < -0.3 is 10.3 Å². The van der Waals surface area contributed by atoms with Crippen LogP contribution in [0.25, 0.3) is 11.2 Å². The molecule has 1 aliphatic heterocycles. The Morgan fingerprint density at radius 3 is 2.68 bits per heavy atom. The molecule has 0 bridgehead atoms. The summed E-state index contributed by atoms with van der Waals surface area (Å²) in [7, 11) is -3.57. The Labute approximate surface area is 168 Å². The standard InChI is InChI=1S/C18H22N6O2S2/c1-12(2)13-3-5-15(6-4-13)28(25,26)24-11-27-8-14(24)7-23-10-22-16-17(19)20-9-21-18(16)23/h3-6,9-10,12,14H,7-8,11H2,1-2H3,(H2,19,20,21)/t14-/m0/s1. The van der Waals surface area contributed by atoms with Crippen LogP contribution in [0.4, 0.5) is 5.82 Å². The van der Waals surface area contributed by atoms with E-state index in [-0.39, 0.29) is 6.04 Å². The summed E-state index contributed by atoms with van der Waals surface area (Å²) >= 11 is 1.61. The van der Waals surface area contributed by atoms with Crippen molar-refractivity contribution in [2.75, 3.05) is 17.4 Å². The van der Waals surface area contributed by atoms with Crippen LogP contribution in [0, 0.1) is 0 Å². The number of sulfonamides is 1. The van der Waals surface area contributed by atoms with E-state index >= 15 is 0 Å². The van der Waals surface area contributed by atoms with Gasteiger partial charge in [0.1, 0.15) is 11.8 Å². The van der Waals surface area contributed by atoms with E-state index in [4.69, 9.17) is 5.73 Å². The Morgan fingerprint density at radius 2 is 1.96 bits per heavy atom. The Balaban J connectivity index is 1.61.